The molecule has 1 aromatic heterocycles. The van der Waals surface area contributed by atoms with Gasteiger partial charge in [0.05, 0.1) is 16.1 Å². The minimum absolute atomic E-state index is 0.134. The van der Waals surface area contributed by atoms with Crippen LogP contribution in [-0.2, 0) is 19.6 Å². The molecular formula is C14H15N3O5S2. The number of sulfonamides is 1. The smallest absolute Gasteiger partial charge is 0.350 e. The number of esters is 1. The molecule has 0 radical (unpaired) electrons. The van der Waals surface area contributed by atoms with Crippen LogP contribution < -0.4 is 10.5 Å². The second-order valence-electron chi connectivity index (χ2n) is 4.85. The van der Waals surface area contributed by atoms with Crippen molar-refractivity contribution in [2.45, 2.75) is 24.8 Å². The van der Waals surface area contributed by atoms with E-state index in [1.54, 1.807) is 6.92 Å². The lowest BCUT2D eigenvalue weighted by atomic mass is 10.3. The van der Waals surface area contributed by atoms with Gasteiger partial charge in [-0.1, -0.05) is 6.07 Å². The molecule has 0 saturated heterocycles. The van der Waals surface area contributed by atoms with Gasteiger partial charge in [0, 0.05) is 5.69 Å². The van der Waals surface area contributed by atoms with Crippen LogP contribution >= 0.6 is 11.3 Å². The number of rotatable bonds is 5. The molecule has 0 spiro atoms. The van der Waals surface area contributed by atoms with E-state index >= 15 is 0 Å². The number of hydrogen-bond acceptors (Lipinski definition) is 7. The van der Waals surface area contributed by atoms with Gasteiger partial charge in [-0.05, 0) is 32.0 Å². The van der Waals surface area contributed by atoms with Crippen molar-refractivity contribution in [1.29, 1.82) is 0 Å². The van der Waals surface area contributed by atoms with Crippen molar-refractivity contribution in [1.82, 2.24) is 4.98 Å². The Bertz CT molecular complexity index is 876. The third-order valence-electron chi connectivity index (χ3n) is 2.91. The highest BCUT2D eigenvalue weighted by atomic mass is 32.2. The molecular weight excluding hydrogens is 354 g/mol. The van der Waals surface area contributed by atoms with Crippen LogP contribution in [-0.4, -0.2) is 31.4 Å². The number of amides is 1. The van der Waals surface area contributed by atoms with Gasteiger partial charge in [0.15, 0.2) is 6.10 Å². The molecule has 24 heavy (non-hydrogen) atoms. The molecule has 0 saturated carbocycles. The molecule has 2 aromatic rings. The fourth-order valence-electron chi connectivity index (χ4n) is 1.72. The summed E-state index contributed by atoms with van der Waals surface area (Å²) in [6.07, 6.45) is 0.306. The van der Waals surface area contributed by atoms with E-state index in [0.29, 0.717) is 9.88 Å². The molecule has 10 heteroatoms. The average molecular weight is 369 g/mol. The first-order valence-corrected chi connectivity index (χ1v) is 9.10. The molecule has 1 heterocycles. The molecule has 1 atom stereocenters. The summed E-state index contributed by atoms with van der Waals surface area (Å²) < 4.78 is 27.7. The minimum Gasteiger partial charge on any atom is -0.448 e. The molecule has 1 amide bonds. The Hall–Kier alpha value is -2.30. The van der Waals surface area contributed by atoms with Gasteiger partial charge < -0.3 is 10.1 Å². The second-order valence-corrected chi connectivity index (χ2v) is 7.65. The SMILES string of the molecule is Cc1ncc(C(=O)OC(C)C(=O)Nc2cccc(S(N)(=O)=O)c2)s1. The van der Waals surface area contributed by atoms with E-state index in [1.807, 2.05) is 0 Å². The molecule has 0 fully saturated rings. The van der Waals surface area contributed by atoms with E-state index in [2.05, 4.69) is 10.3 Å². The van der Waals surface area contributed by atoms with Crippen molar-refractivity contribution in [3.05, 3.63) is 40.3 Å². The number of nitrogens with one attached hydrogen (secondary N) is 1. The molecule has 128 valence electrons. The number of ether oxygens (including phenoxy) is 1. The lowest BCUT2D eigenvalue weighted by molar-refractivity contribution is -0.123. The number of nitrogens with zero attached hydrogens (tertiary/aromatic N) is 1. The van der Waals surface area contributed by atoms with Crippen LogP contribution in [0.5, 0.6) is 0 Å². The van der Waals surface area contributed by atoms with E-state index in [0.717, 1.165) is 11.3 Å². The maximum Gasteiger partial charge on any atom is 0.350 e. The Labute approximate surface area is 142 Å². The number of aromatic nitrogens is 1. The van der Waals surface area contributed by atoms with Crippen LogP contribution in [0.1, 0.15) is 21.6 Å². The molecule has 1 aromatic carbocycles. The minimum atomic E-state index is -3.88. The van der Waals surface area contributed by atoms with Gasteiger partial charge >= 0.3 is 5.97 Å². The lowest BCUT2D eigenvalue weighted by Crippen LogP contribution is -2.29. The van der Waals surface area contributed by atoms with Crippen molar-refractivity contribution in [3.8, 4) is 0 Å². The molecule has 0 aliphatic rings. The average Bonchev–Trinajstić information content (AvgIpc) is 2.93. The highest BCUT2D eigenvalue weighted by Gasteiger charge is 2.20. The van der Waals surface area contributed by atoms with Crippen LogP contribution in [0.15, 0.2) is 35.4 Å². The number of thiazole rings is 1. The van der Waals surface area contributed by atoms with E-state index in [-0.39, 0.29) is 10.6 Å². The number of carbonyl (C=O) groups is 2. The third kappa shape index (κ3) is 4.60. The van der Waals surface area contributed by atoms with Gasteiger partial charge in [-0.2, -0.15) is 0 Å². The molecule has 8 nitrogen and oxygen atoms in total. The quantitative estimate of drug-likeness (QED) is 0.764. The summed E-state index contributed by atoms with van der Waals surface area (Å²) in [5.41, 5.74) is 0.225. The molecule has 1 unspecified atom stereocenters. The first-order valence-electron chi connectivity index (χ1n) is 6.74. The second kappa shape index (κ2) is 7.07. The summed E-state index contributed by atoms with van der Waals surface area (Å²) >= 11 is 1.16. The third-order valence-corrected chi connectivity index (χ3v) is 4.71. The highest BCUT2D eigenvalue weighted by molar-refractivity contribution is 7.89. The fourth-order valence-corrected chi connectivity index (χ4v) is 2.94. The summed E-state index contributed by atoms with van der Waals surface area (Å²) in [7, 11) is -3.88. The standard InChI is InChI=1S/C14H15N3O5S2/c1-8(22-14(19)12-7-16-9(2)23-12)13(18)17-10-4-3-5-11(6-10)24(15,20)21/h3-8H,1-2H3,(H,17,18)(H2,15,20,21). The monoisotopic (exact) mass is 369 g/mol. The Morgan fingerprint density at radius 2 is 2.08 bits per heavy atom. The zero-order chi connectivity index (χ0) is 17.9. The predicted octanol–water partition coefficient (Wildman–Crippen LogP) is 1.28. The number of benzene rings is 1. The maximum absolute atomic E-state index is 12.1. The molecule has 0 bridgehead atoms. The maximum atomic E-state index is 12.1. The first kappa shape index (κ1) is 18.0. The summed E-state index contributed by atoms with van der Waals surface area (Å²) in [4.78, 5) is 28.0. The first-order chi connectivity index (χ1) is 11.2. The predicted molar refractivity (Wildman–Crippen MR) is 88.2 cm³/mol. The number of primary sulfonamides is 1. The fraction of sp³-hybridized carbons (Fsp3) is 0.214. The molecule has 3 N–H and O–H groups in total. The number of hydrogen-bond donors (Lipinski definition) is 2. The van der Waals surface area contributed by atoms with Gasteiger partial charge in [0.25, 0.3) is 5.91 Å². The number of carbonyl (C=O) groups excluding carboxylic acids is 2. The Morgan fingerprint density at radius 3 is 2.67 bits per heavy atom. The largest absolute Gasteiger partial charge is 0.448 e. The van der Waals surface area contributed by atoms with Crippen molar-refractivity contribution < 1.29 is 22.7 Å². The zero-order valence-electron chi connectivity index (χ0n) is 12.8. The molecule has 0 aliphatic heterocycles. The lowest BCUT2D eigenvalue weighted by Gasteiger charge is -2.13. The Morgan fingerprint density at radius 1 is 1.38 bits per heavy atom. The van der Waals surface area contributed by atoms with Crippen molar-refractivity contribution >= 4 is 38.9 Å². The normalized spacial score (nSPS) is 12.5. The van der Waals surface area contributed by atoms with E-state index < -0.39 is 28.0 Å². The van der Waals surface area contributed by atoms with Crippen molar-refractivity contribution in [2.24, 2.45) is 5.14 Å². The van der Waals surface area contributed by atoms with Crippen LogP contribution in [0.4, 0.5) is 5.69 Å². The number of anilines is 1. The van der Waals surface area contributed by atoms with Gasteiger partial charge in [-0.25, -0.2) is 23.3 Å². The topological polar surface area (TPSA) is 128 Å². The Balaban J connectivity index is 2.03. The van der Waals surface area contributed by atoms with Crippen LogP contribution in [0.3, 0.4) is 0 Å². The van der Waals surface area contributed by atoms with Crippen molar-refractivity contribution in [2.75, 3.05) is 5.32 Å². The summed E-state index contributed by atoms with van der Waals surface area (Å²) in [6, 6.07) is 5.45. The van der Waals surface area contributed by atoms with Crippen LogP contribution in [0, 0.1) is 6.92 Å². The molecule has 0 aliphatic carbocycles. The summed E-state index contributed by atoms with van der Waals surface area (Å²) in [5.74, 6) is -1.25. The summed E-state index contributed by atoms with van der Waals surface area (Å²) in [6.45, 7) is 3.15. The number of aryl methyl sites for hydroxylation is 1. The van der Waals surface area contributed by atoms with Gasteiger partial charge in [-0.3, -0.25) is 4.79 Å². The summed E-state index contributed by atoms with van der Waals surface area (Å²) in [5, 5.41) is 8.21. The number of nitrogens with two attached hydrogens (primary N) is 1. The van der Waals surface area contributed by atoms with Gasteiger partial charge in [-0.15, -0.1) is 11.3 Å². The molecule has 2 rings (SSSR count). The zero-order valence-corrected chi connectivity index (χ0v) is 14.5. The van der Waals surface area contributed by atoms with Crippen molar-refractivity contribution in [3.63, 3.8) is 0 Å². The van der Waals surface area contributed by atoms with Gasteiger partial charge in [0.1, 0.15) is 4.88 Å². The van der Waals surface area contributed by atoms with E-state index in [9.17, 15) is 18.0 Å². The van der Waals surface area contributed by atoms with Crippen LogP contribution in [0.2, 0.25) is 0 Å². The van der Waals surface area contributed by atoms with E-state index in [4.69, 9.17) is 9.88 Å². The van der Waals surface area contributed by atoms with Gasteiger partial charge in [0.2, 0.25) is 10.0 Å². The Kier molecular flexibility index (Phi) is 5.32. The highest BCUT2D eigenvalue weighted by Crippen LogP contribution is 2.16. The van der Waals surface area contributed by atoms with E-state index in [1.165, 1.54) is 37.4 Å². The van der Waals surface area contributed by atoms with Crippen LogP contribution in [0.25, 0.3) is 0 Å².